The second-order valence-corrected chi connectivity index (χ2v) is 4.30. The van der Waals surface area contributed by atoms with E-state index in [-0.39, 0.29) is 12.2 Å². The largest absolute Gasteiger partial charge is 0.459 e. The van der Waals surface area contributed by atoms with Gasteiger partial charge in [-0.05, 0) is 25.7 Å². The molecule has 0 aromatic rings. The zero-order chi connectivity index (χ0) is 14.7. The summed E-state index contributed by atoms with van der Waals surface area (Å²) in [6, 6.07) is 0. The Balaban J connectivity index is 4.25. The molecular weight excluding hydrogens is 244 g/mol. The maximum atomic E-state index is 11.2. The highest BCUT2D eigenvalue weighted by Gasteiger charge is 2.16. The number of carbonyl (C=O) groups is 2. The third kappa shape index (κ3) is 8.19. The Hall–Kier alpha value is -1.58. The fourth-order valence-corrected chi connectivity index (χ4v) is 1.73. The molecule has 0 N–H and O–H groups in total. The van der Waals surface area contributed by atoms with E-state index in [9.17, 15) is 9.59 Å². The standard InChI is InChI=1S/C15H24O4/c1-5-9-13(19-15(17)8-4)11-10-12(6-2)18-14(16)7-3/h7-8,12-13H,3-6,9-11H2,1-2H3. The highest BCUT2D eigenvalue weighted by atomic mass is 16.5. The highest BCUT2D eigenvalue weighted by Crippen LogP contribution is 2.15. The molecule has 0 bridgehead atoms. The summed E-state index contributed by atoms with van der Waals surface area (Å²) in [5, 5.41) is 0. The van der Waals surface area contributed by atoms with Crippen LogP contribution in [0.3, 0.4) is 0 Å². The fourth-order valence-electron chi connectivity index (χ4n) is 1.73. The van der Waals surface area contributed by atoms with Crippen molar-refractivity contribution in [3.8, 4) is 0 Å². The Labute approximate surface area is 115 Å². The van der Waals surface area contributed by atoms with Crippen molar-refractivity contribution in [3.05, 3.63) is 25.3 Å². The summed E-state index contributed by atoms with van der Waals surface area (Å²) in [6.45, 7) is 10.7. The maximum Gasteiger partial charge on any atom is 0.330 e. The van der Waals surface area contributed by atoms with Crippen LogP contribution in [0.4, 0.5) is 0 Å². The lowest BCUT2D eigenvalue weighted by Crippen LogP contribution is -2.22. The van der Waals surface area contributed by atoms with Gasteiger partial charge < -0.3 is 9.47 Å². The van der Waals surface area contributed by atoms with Crippen LogP contribution >= 0.6 is 0 Å². The van der Waals surface area contributed by atoms with Crippen LogP contribution in [0.1, 0.15) is 46.0 Å². The molecule has 0 aliphatic carbocycles. The van der Waals surface area contributed by atoms with Crippen molar-refractivity contribution in [2.24, 2.45) is 0 Å². The molecule has 0 spiro atoms. The lowest BCUT2D eigenvalue weighted by Gasteiger charge is -2.20. The van der Waals surface area contributed by atoms with Crippen molar-refractivity contribution >= 4 is 11.9 Å². The van der Waals surface area contributed by atoms with E-state index >= 15 is 0 Å². The first kappa shape index (κ1) is 17.4. The predicted octanol–water partition coefficient (Wildman–Crippen LogP) is 3.17. The minimum absolute atomic E-state index is 0.146. The summed E-state index contributed by atoms with van der Waals surface area (Å²) in [4.78, 5) is 22.3. The summed E-state index contributed by atoms with van der Waals surface area (Å²) >= 11 is 0. The van der Waals surface area contributed by atoms with Crippen LogP contribution in [-0.2, 0) is 19.1 Å². The van der Waals surface area contributed by atoms with Gasteiger partial charge >= 0.3 is 11.9 Å². The van der Waals surface area contributed by atoms with Crippen LogP contribution in [0.2, 0.25) is 0 Å². The molecule has 19 heavy (non-hydrogen) atoms. The third-order valence-electron chi connectivity index (χ3n) is 2.78. The van der Waals surface area contributed by atoms with Gasteiger partial charge in [0.05, 0.1) is 0 Å². The molecule has 2 atom stereocenters. The van der Waals surface area contributed by atoms with E-state index in [1.165, 1.54) is 0 Å². The van der Waals surface area contributed by atoms with E-state index in [0.717, 1.165) is 31.4 Å². The van der Waals surface area contributed by atoms with Gasteiger partial charge in [-0.15, -0.1) is 0 Å². The van der Waals surface area contributed by atoms with Crippen molar-refractivity contribution in [3.63, 3.8) is 0 Å². The van der Waals surface area contributed by atoms with Crippen LogP contribution in [0.25, 0.3) is 0 Å². The zero-order valence-electron chi connectivity index (χ0n) is 11.9. The molecule has 2 unspecified atom stereocenters. The highest BCUT2D eigenvalue weighted by molar-refractivity contribution is 5.81. The summed E-state index contributed by atoms with van der Waals surface area (Å²) in [5.74, 6) is -0.823. The van der Waals surface area contributed by atoms with Gasteiger partial charge in [-0.1, -0.05) is 33.4 Å². The molecule has 4 heteroatoms. The van der Waals surface area contributed by atoms with Crippen molar-refractivity contribution in [1.29, 1.82) is 0 Å². The van der Waals surface area contributed by atoms with Crippen LogP contribution in [0.5, 0.6) is 0 Å². The van der Waals surface area contributed by atoms with Crippen LogP contribution in [0, 0.1) is 0 Å². The quantitative estimate of drug-likeness (QED) is 0.451. The molecule has 0 aliphatic heterocycles. The number of ether oxygens (including phenoxy) is 2. The van der Waals surface area contributed by atoms with E-state index in [2.05, 4.69) is 13.2 Å². The first-order valence-electron chi connectivity index (χ1n) is 6.73. The Morgan fingerprint density at radius 3 is 1.84 bits per heavy atom. The molecule has 0 saturated carbocycles. The number of rotatable bonds is 10. The van der Waals surface area contributed by atoms with Gasteiger partial charge in [0.1, 0.15) is 12.2 Å². The topological polar surface area (TPSA) is 52.6 Å². The third-order valence-corrected chi connectivity index (χ3v) is 2.78. The normalized spacial score (nSPS) is 13.2. The Bertz CT molecular complexity index is 309. The van der Waals surface area contributed by atoms with Crippen molar-refractivity contribution in [2.45, 2.75) is 58.2 Å². The number of hydrogen-bond acceptors (Lipinski definition) is 4. The molecular formula is C15H24O4. The van der Waals surface area contributed by atoms with Crippen molar-refractivity contribution in [2.75, 3.05) is 0 Å². The molecule has 4 nitrogen and oxygen atoms in total. The predicted molar refractivity (Wildman–Crippen MR) is 74.6 cm³/mol. The van der Waals surface area contributed by atoms with Gasteiger partial charge in [-0.25, -0.2) is 9.59 Å². The number of hydrogen-bond donors (Lipinski definition) is 0. The molecule has 0 amide bonds. The Kier molecular flexibility index (Phi) is 9.49. The molecule has 0 fully saturated rings. The van der Waals surface area contributed by atoms with Crippen LogP contribution in [0.15, 0.2) is 25.3 Å². The molecule has 0 saturated heterocycles. The molecule has 0 heterocycles. The molecule has 0 aromatic carbocycles. The second kappa shape index (κ2) is 10.4. The van der Waals surface area contributed by atoms with E-state index < -0.39 is 11.9 Å². The lowest BCUT2D eigenvalue weighted by atomic mass is 10.0. The lowest BCUT2D eigenvalue weighted by molar-refractivity contribution is -0.147. The maximum absolute atomic E-state index is 11.2. The number of carbonyl (C=O) groups excluding carboxylic acids is 2. The van der Waals surface area contributed by atoms with E-state index in [1.807, 2.05) is 13.8 Å². The van der Waals surface area contributed by atoms with Crippen molar-refractivity contribution in [1.82, 2.24) is 0 Å². The average molecular weight is 268 g/mol. The van der Waals surface area contributed by atoms with E-state index in [0.29, 0.717) is 12.8 Å². The minimum Gasteiger partial charge on any atom is -0.459 e. The van der Waals surface area contributed by atoms with Gasteiger partial charge in [0.2, 0.25) is 0 Å². The summed E-state index contributed by atoms with van der Waals surface area (Å²) in [5.41, 5.74) is 0. The van der Waals surface area contributed by atoms with Gasteiger partial charge in [0, 0.05) is 12.2 Å². The van der Waals surface area contributed by atoms with Gasteiger partial charge in [0.15, 0.2) is 0 Å². The summed E-state index contributed by atoms with van der Waals surface area (Å²) in [7, 11) is 0. The van der Waals surface area contributed by atoms with Gasteiger partial charge in [-0.2, -0.15) is 0 Å². The van der Waals surface area contributed by atoms with E-state index in [4.69, 9.17) is 9.47 Å². The smallest absolute Gasteiger partial charge is 0.330 e. The molecule has 0 radical (unpaired) electrons. The van der Waals surface area contributed by atoms with Crippen LogP contribution < -0.4 is 0 Å². The molecule has 0 aromatic heterocycles. The zero-order valence-corrected chi connectivity index (χ0v) is 11.9. The van der Waals surface area contributed by atoms with Gasteiger partial charge in [0.25, 0.3) is 0 Å². The fraction of sp³-hybridized carbons (Fsp3) is 0.600. The van der Waals surface area contributed by atoms with Crippen LogP contribution in [-0.4, -0.2) is 24.1 Å². The SMILES string of the molecule is C=CC(=O)OC(CC)CCC(CCC)OC(=O)C=C. The summed E-state index contributed by atoms with van der Waals surface area (Å²) < 4.78 is 10.4. The van der Waals surface area contributed by atoms with Crippen molar-refractivity contribution < 1.29 is 19.1 Å². The Morgan fingerprint density at radius 2 is 1.42 bits per heavy atom. The first-order chi connectivity index (χ1) is 9.07. The number of esters is 2. The molecule has 108 valence electrons. The average Bonchev–Trinajstić information content (AvgIpc) is 2.42. The van der Waals surface area contributed by atoms with Gasteiger partial charge in [-0.3, -0.25) is 0 Å². The molecule has 0 rings (SSSR count). The Morgan fingerprint density at radius 1 is 0.947 bits per heavy atom. The summed E-state index contributed by atoms with van der Waals surface area (Å²) in [6.07, 6.45) is 5.82. The second-order valence-electron chi connectivity index (χ2n) is 4.30. The minimum atomic E-state index is -0.415. The van der Waals surface area contributed by atoms with E-state index in [1.54, 1.807) is 0 Å². The molecule has 0 aliphatic rings. The first-order valence-corrected chi connectivity index (χ1v) is 6.73. The monoisotopic (exact) mass is 268 g/mol.